The van der Waals surface area contributed by atoms with E-state index in [1.807, 2.05) is 13.8 Å². The summed E-state index contributed by atoms with van der Waals surface area (Å²) < 4.78 is 8.50. The Bertz CT molecular complexity index is 795. The number of nitrogens with zero attached hydrogens (tertiary/aromatic N) is 2. The van der Waals surface area contributed by atoms with Gasteiger partial charge in [-0.25, -0.2) is 4.79 Å². The van der Waals surface area contributed by atoms with Crippen LogP contribution in [0.3, 0.4) is 0 Å². The molecule has 1 aliphatic rings. The van der Waals surface area contributed by atoms with E-state index in [9.17, 15) is 9.59 Å². The summed E-state index contributed by atoms with van der Waals surface area (Å²) in [6, 6.07) is 0. The summed E-state index contributed by atoms with van der Waals surface area (Å²) in [5.41, 5.74) is 0.239. The van der Waals surface area contributed by atoms with Gasteiger partial charge in [0.2, 0.25) is 0 Å². The normalized spacial score (nSPS) is 17.7. The summed E-state index contributed by atoms with van der Waals surface area (Å²) in [5, 5.41) is 0.639. The van der Waals surface area contributed by atoms with Crippen molar-refractivity contribution in [3.05, 3.63) is 31.3 Å². The van der Waals surface area contributed by atoms with Crippen molar-refractivity contribution >= 4 is 21.6 Å². The lowest BCUT2D eigenvalue weighted by molar-refractivity contribution is -0.0382. The first kappa shape index (κ1) is 12.6. The molecule has 0 amide bonds. The Hall–Kier alpha value is -1.40. The highest BCUT2D eigenvalue weighted by molar-refractivity contribution is 7.18. The van der Waals surface area contributed by atoms with Crippen LogP contribution in [0.15, 0.2) is 9.59 Å². The number of thiophene rings is 1. The fraction of sp³-hybridized carbons (Fsp3) is 0.538. The summed E-state index contributed by atoms with van der Waals surface area (Å²) in [6.45, 7) is 4.52. The van der Waals surface area contributed by atoms with Crippen molar-refractivity contribution in [3.8, 4) is 0 Å². The SMILES string of the molecule is Cn1c(=O)c2c3c(sc2n(C)c1=O)CC(C)(C)OC3. The van der Waals surface area contributed by atoms with Gasteiger partial charge < -0.3 is 4.74 Å². The van der Waals surface area contributed by atoms with Gasteiger partial charge in [0.05, 0.1) is 17.6 Å². The third kappa shape index (κ3) is 1.70. The van der Waals surface area contributed by atoms with Gasteiger partial charge in [0.1, 0.15) is 4.83 Å². The van der Waals surface area contributed by atoms with Gasteiger partial charge in [0, 0.05) is 31.0 Å². The van der Waals surface area contributed by atoms with Gasteiger partial charge in [-0.2, -0.15) is 0 Å². The van der Waals surface area contributed by atoms with Crippen LogP contribution in [-0.4, -0.2) is 14.7 Å². The minimum absolute atomic E-state index is 0.210. The monoisotopic (exact) mass is 280 g/mol. The highest BCUT2D eigenvalue weighted by Crippen LogP contribution is 2.36. The molecule has 3 rings (SSSR count). The van der Waals surface area contributed by atoms with E-state index < -0.39 is 0 Å². The molecule has 0 saturated heterocycles. The number of ether oxygens (including phenoxy) is 1. The van der Waals surface area contributed by atoms with Gasteiger partial charge in [-0.3, -0.25) is 13.9 Å². The first-order valence-corrected chi connectivity index (χ1v) is 6.98. The molecule has 6 heteroatoms. The second-order valence-electron chi connectivity index (χ2n) is 5.61. The molecule has 0 N–H and O–H groups in total. The molecule has 0 fully saturated rings. The number of rotatable bonds is 0. The predicted molar refractivity (Wildman–Crippen MR) is 74.9 cm³/mol. The fourth-order valence-electron chi connectivity index (χ4n) is 2.52. The average molecular weight is 280 g/mol. The van der Waals surface area contributed by atoms with Crippen LogP contribution >= 0.6 is 11.3 Å². The Kier molecular flexibility index (Phi) is 2.53. The molecule has 0 spiro atoms. The molecule has 2 aromatic rings. The molecule has 0 aliphatic carbocycles. The van der Waals surface area contributed by atoms with Crippen molar-refractivity contribution < 1.29 is 4.74 Å². The molecule has 0 atom stereocenters. The highest BCUT2D eigenvalue weighted by Gasteiger charge is 2.30. The predicted octanol–water partition coefficient (Wildman–Crippen LogP) is 1.15. The van der Waals surface area contributed by atoms with E-state index in [0.717, 1.165) is 26.3 Å². The standard InChI is InChI=1S/C13H16N2O3S/c1-13(2)5-8-7(6-18-13)9-10(16)14(3)12(17)15(4)11(9)19-8/h5-6H2,1-4H3. The van der Waals surface area contributed by atoms with Gasteiger partial charge in [-0.1, -0.05) is 0 Å². The van der Waals surface area contributed by atoms with Crippen molar-refractivity contribution in [2.45, 2.75) is 32.5 Å². The molecule has 1 aliphatic heterocycles. The minimum Gasteiger partial charge on any atom is -0.370 e. The van der Waals surface area contributed by atoms with Crippen LogP contribution in [-0.2, 0) is 31.9 Å². The lowest BCUT2D eigenvalue weighted by atomic mass is 9.98. The van der Waals surface area contributed by atoms with Gasteiger partial charge in [-0.05, 0) is 13.8 Å². The third-order valence-corrected chi connectivity index (χ3v) is 4.97. The van der Waals surface area contributed by atoms with Crippen LogP contribution in [0.25, 0.3) is 10.2 Å². The second kappa shape index (κ2) is 3.80. The summed E-state index contributed by atoms with van der Waals surface area (Å²) in [4.78, 5) is 26.1. The van der Waals surface area contributed by atoms with Crippen LogP contribution in [0.2, 0.25) is 0 Å². The smallest absolute Gasteiger partial charge is 0.331 e. The Morgan fingerprint density at radius 3 is 2.58 bits per heavy atom. The number of aromatic nitrogens is 2. The molecule has 5 nitrogen and oxygen atoms in total. The molecular formula is C13H16N2O3S. The number of hydrogen-bond acceptors (Lipinski definition) is 4. The Morgan fingerprint density at radius 2 is 1.89 bits per heavy atom. The van der Waals surface area contributed by atoms with Crippen molar-refractivity contribution in [2.24, 2.45) is 14.1 Å². The molecule has 19 heavy (non-hydrogen) atoms. The summed E-state index contributed by atoms with van der Waals surface area (Å²) >= 11 is 1.54. The fourth-order valence-corrected chi connectivity index (χ4v) is 3.99. The van der Waals surface area contributed by atoms with E-state index in [1.165, 1.54) is 18.4 Å². The number of fused-ring (bicyclic) bond motifs is 3. The lowest BCUT2D eigenvalue weighted by Crippen LogP contribution is -2.37. The van der Waals surface area contributed by atoms with Crippen LogP contribution < -0.4 is 11.2 Å². The first-order chi connectivity index (χ1) is 8.82. The zero-order chi connectivity index (χ0) is 13.9. The van der Waals surface area contributed by atoms with Crippen LogP contribution in [0.1, 0.15) is 24.3 Å². The zero-order valence-electron chi connectivity index (χ0n) is 11.4. The average Bonchev–Trinajstić information content (AvgIpc) is 2.70. The maximum absolute atomic E-state index is 12.3. The molecule has 0 bridgehead atoms. The van der Waals surface area contributed by atoms with Gasteiger partial charge >= 0.3 is 5.69 Å². The zero-order valence-corrected chi connectivity index (χ0v) is 12.3. The summed E-state index contributed by atoms with van der Waals surface area (Å²) in [6.07, 6.45) is 0.777. The quantitative estimate of drug-likeness (QED) is 0.727. The van der Waals surface area contributed by atoms with Crippen LogP contribution in [0.4, 0.5) is 0 Å². The molecular weight excluding hydrogens is 264 g/mol. The van der Waals surface area contributed by atoms with Crippen molar-refractivity contribution in [2.75, 3.05) is 0 Å². The molecule has 0 radical (unpaired) electrons. The van der Waals surface area contributed by atoms with Gasteiger partial charge in [0.25, 0.3) is 5.56 Å². The summed E-state index contributed by atoms with van der Waals surface area (Å²) in [5.74, 6) is 0. The molecule has 3 heterocycles. The Labute approximate surface area is 114 Å². The van der Waals surface area contributed by atoms with E-state index >= 15 is 0 Å². The minimum atomic E-state index is -0.281. The van der Waals surface area contributed by atoms with Crippen LogP contribution in [0.5, 0.6) is 0 Å². The Morgan fingerprint density at radius 1 is 1.21 bits per heavy atom. The molecule has 102 valence electrons. The highest BCUT2D eigenvalue weighted by atomic mass is 32.1. The van der Waals surface area contributed by atoms with Gasteiger partial charge in [0.15, 0.2) is 0 Å². The molecule has 0 saturated carbocycles. The molecule has 0 unspecified atom stereocenters. The van der Waals surface area contributed by atoms with Crippen molar-refractivity contribution in [3.63, 3.8) is 0 Å². The maximum atomic E-state index is 12.3. The van der Waals surface area contributed by atoms with E-state index in [1.54, 1.807) is 11.6 Å². The first-order valence-electron chi connectivity index (χ1n) is 6.16. The topological polar surface area (TPSA) is 53.2 Å². The van der Waals surface area contributed by atoms with Crippen molar-refractivity contribution in [1.29, 1.82) is 0 Å². The van der Waals surface area contributed by atoms with Gasteiger partial charge in [-0.15, -0.1) is 11.3 Å². The van der Waals surface area contributed by atoms with E-state index in [4.69, 9.17) is 4.74 Å². The largest absolute Gasteiger partial charge is 0.370 e. The molecule has 2 aromatic heterocycles. The van der Waals surface area contributed by atoms with E-state index in [2.05, 4.69) is 0 Å². The third-order valence-electron chi connectivity index (χ3n) is 3.66. The lowest BCUT2D eigenvalue weighted by Gasteiger charge is -2.29. The maximum Gasteiger partial charge on any atom is 0.331 e. The Balaban J connectivity index is 2.43. The van der Waals surface area contributed by atoms with Crippen molar-refractivity contribution in [1.82, 2.24) is 9.13 Å². The summed E-state index contributed by atoms with van der Waals surface area (Å²) in [7, 11) is 3.22. The number of aryl methyl sites for hydroxylation is 1. The van der Waals surface area contributed by atoms with E-state index in [-0.39, 0.29) is 16.9 Å². The second-order valence-corrected chi connectivity index (χ2v) is 6.70. The van der Waals surface area contributed by atoms with E-state index in [0.29, 0.717) is 12.0 Å². The van der Waals surface area contributed by atoms with Crippen LogP contribution in [0, 0.1) is 0 Å². The molecule has 0 aromatic carbocycles. The number of hydrogen-bond donors (Lipinski definition) is 0.